The number of rotatable bonds is 7. The van der Waals surface area contributed by atoms with E-state index < -0.39 is 12.0 Å². The highest BCUT2D eigenvalue weighted by molar-refractivity contribution is 5.73. The van der Waals surface area contributed by atoms with Crippen LogP contribution >= 0.6 is 0 Å². The minimum atomic E-state index is -0.808. The highest BCUT2D eigenvalue weighted by Gasteiger charge is 2.25. The molecule has 0 radical (unpaired) electrons. The van der Waals surface area contributed by atoms with Crippen LogP contribution in [0.25, 0.3) is 0 Å². The molecule has 0 saturated carbocycles. The molecule has 0 aliphatic heterocycles. The molecule has 0 aromatic heterocycles. The quantitative estimate of drug-likeness (QED) is 0.678. The topological polar surface area (TPSA) is 58.6 Å². The average Bonchev–Trinajstić information content (AvgIpc) is 2.01. The second-order valence-electron chi connectivity index (χ2n) is 4.63. The van der Waals surface area contributed by atoms with Crippen LogP contribution in [-0.4, -0.2) is 35.9 Å². The zero-order valence-corrected chi connectivity index (χ0v) is 10.3. The van der Waals surface area contributed by atoms with E-state index in [0.717, 1.165) is 0 Å². The Hall–Kier alpha value is -0.610. The Kier molecular flexibility index (Phi) is 5.83. The van der Waals surface area contributed by atoms with Gasteiger partial charge >= 0.3 is 5.97 Å². The third kappa shape index (κ3) is 5.74. The highest BCUT2D eigenvalue weighted by Crippen LogP contribution is 2.09. The molecule has 90 valence electrons. The van der Waals surface area contributed by atoms with E-state index in [1.807, 2.05) is 34.6 Å². The Morgan fingerprint density at radius 2 is 2.00 bits per heavy atom. The second-order valence-corrected chi connectivity index (χ2v) is 4.63. The molecule has 0 amide bonds. The Bertz CT molecular complexity index is 202. The van der Waals surface area contributed by atoms with E-state index in [2.05, 4.69) is 5.32 Å². The summed E-state index contributed by atoms with van der Waals surface area (Å²) in [6, 6.07) is -0.510. The normalized spacial score (nSPS) is 14.3. The van der Waals surface area contributed by atoms with Gasteiger partial charge in [0.25, 0.3) is 0 Å². The van der Waals surface area contributed by atoms with E-state index >= 15 is 0 Å². The highest BCUT2D eigenvalue weighted by atomic mass is 16.5. The van der Waals surface area contributed by atoms with Gasteiger partial charge in [0.2, 0.25) is 0 Å². The molecule has 0 aromatic carbocycles. The van der Waals surface area contributed by atoms with Gasteiger partial charge in [0.15, 0.2) is 0 Å². The molecule has 0 aliphatic carbocycles. The van der Waals surface area contributed by atoms with Gasteiger partial charge in [-0.05, 0) is 26.7 Å². The van der Waals surface area contributed by atoms with Gasteiger partial charge in [-0.1, -0.05) is 13.8 Å². The maximum absolute atomic E-state index is 10.9. The molecule has 15 heavy (non-hydrogen) atoms. The number of carboxylic acids is 1. The smallest absolute Gasteiger partial charge is 0.320 e. The summed E-state index contributed by atoms with van der Waals surface area (Å²) >= 11 is 0. The molecule has 0 aromatic rings. The molecule has 4 heteroatoms. The standard InChI is InChI=1S/C11H23NO3/c1-6-15-11(4,5)7-12-9(8(2)3)10(13)14/h8-9,12H,6-7H2,1-5H3,(H,13,14). The Balaban J connectivity index is 4.15. The lowest BCUT2D eigenvalue weighted by Crippen LogP contribution is -2.48. The van der Waals surface area contributed by atoms with Crippen LogP contribution in [0.3, 0.4) is 0 Å². The molecule has 4 nitrogen and oxygen atoms in total. The largest absolute Gasteiger partial charge is 0.480 e. The maximum atomic E-state index is 10.9. The number of hydrogen-bond donors (Lipinski definition) is 2. The van der Waals surface area contributed by atoms with Crippen molar-refractivity contribution in [3.8, 4) is 0 Å². The van der Waals surface area contributed by atoms with Gasteiger partial charge in [-0.25, -0.2) is 0 Å². The molecule has 0 aliphatic rings. The first-order chi connectivity index (χ1) is 6.80. The van der Waals surface area contributed by atoms with Crippen LogP contribution in [0.2, 0.25) is 0 Å². The Morgan fingerprint density at radius 1 is 1.47 bits per heavy atom. The van der Waals surface area contributed by atoms with Gasteiger partial charge in [-0.3, -0.25) is 4.79 Å². The monoisotopic (exact) mass is 217 g/mol. The molecule has 0 fully saturated rings. The molecule has 0 saturated heterocycles. The predicted molar refractivity (Wildman–Crippen MR) is 60.0 cm³/mol. The molecule has 0 spiro atoms. The lowest BCUT2D eigenvalue weighted by Gasteiger charge is -2.28. The first kappa shape index (κ1) is 14.4. The van der Waals surface area contributed by atoms with Crippen LogP contribution in [-0.2, 0) is 9.53 Å². The summed E-state index contributed by atoms with van der Waals surface area (Å²) in [5.41, 5.74) is -0.322. The van der Waals surface area contributed by atoms with Crippen LogP contribution in [0.5, 0.6) is 0 Å². The van der Waals surface area contributed by atoms with Gasteiger partial charge in [0, 0.05) is 13.2 Å². The lowest BCUT2D eigenvalue weighted by atomic mass is 10.0. The van der Waals surface area contributed by atoms with Crippen molar-refractivity contribution in [2.75, 3.05) is 13.2 Å². The first-order valence-electron chi connectivity index (χ1n) is 5.40. The number of hydrogen-bond acceptors (Lipinski definition) is 3. The number of ether oxygens (including phenoxy) is 1. The summed E-state index contributed by atoms with van der Waals surface area (Å²) in [6.07, 6.45) is 0. The van der Waals surface area contributed by atoms with Crippen molar-refractivity contribution in [1.29, 1.82) is 0 Å². The van der Waals surface area contributed by atoms with Crippen LogP contribution in [0.15, 0.2) is 0 Å². The third-order valence-corrected chi connectivity index (χ3v) is 2.22. The molecule has 0 bridgehead atoms. The molecule has 1 atom stereocenters. The van der Waals surface area contributed by atoms with E-state index in [1.165, 1.54) is 0 Å². The van der Waals surface area contributed by atoms with Gasteiger partial charge in [0.05, 0.1) is 5.60 Å². The minimum Gasteiger partial charge on any atom is -0.480 e. The van der Waals surface area contributed by atoms with Crippen LogP contribution in [0.1, 0.15) is 34.6 Å². The summed E-state index contributed by atoms with van der Waals surface area (Å²) in [4.78, 5) is 10.9. The Morgan fingerprint density at radius 3 is 2.33 bits per heavy atom. The zero-order valence-electron chi connectivity index (χ0n) is 10.3. The van der Waals surface area contributed by atoms with Crippen molar-refractivity contribution in [3.05, 3.63) is 0 Å². The molecular weight excluding hydrogens is 194 g/mol. The van der Waals surface area contributed by atoms with Gasteiger partial charge in [-0.2, -0.15) is 0 Å². The van der Waals surface area contributed by atoms with E-state index in [-0.39, 0.29) is 11.5 Å². The van der Waals surface area contributed by atoms with Crippen molar-refractivity contribution >= 4 is 5.97 Å². The fraction of sp³-hybridized carbons (Fsp3) is 0.909. The van der Waals surface area contributed by atoms with Gasteiger partial charge in [-0.15, -0.1) is 0 Å². The predicted octanol–water partition coefficient (Wildman–Crippen LogP) is 1.50. The minimum absolute atomic E-state index is 0.0694. The maximum Gasteiger partial charge on any atom is 0.320 e. The molecular formula is C11H23NO3. The van der Waals surface area contributed by atoms with E-state index in [4.69, 9.17) is 9.84 Å². The number of nitrogens with one attached hydrogen (secondary N) is 1. The number of aliphatic carboxylic acids is 1. The number of carboxylic acid groups (broad SMARTS) is 1. The SMILES string of the molecule is CCOC(C)(C)CNC(C(=O)O)C(C)C. The van der Waals surface area contributed by atoms with E-state index in [9.17, 15) is 4.79 Å². The average molecular weight is 217 g/mol. The zero-order chi connectivity index (χ0) is 12.1. The van der Waals surface area contributed by atoms with Gasteiger partial charge in [0.1, 0.15) is 6.04 Å². The number of carbonyl (C=O) groups is 1. The van der Waals surface area contributed by atoms with Crippen LogP contribution in [0, 0.1) is 5.92 Å². The van der Waals surface area contributed by atoms with Crippen molar-refractivity contribution in [3.63, 3.8) is 0 Å². The van der Waals surface area contributed by atoms with Crippen LogP contribution in [0.4, 0.5) is 0 Å². The van der Waals surface area contributed by atoms with Crippen LogP contribution < -0.4 is 5.32 Å². The summed E-state index contributed by atoms with van der Waals surface area (Å²) in [7, 11) is 0. The first-order valence-corrected chi connectivity index (χ1v) is 5.40. The summed E-state index contributed by atoms with van der Waals surface area (Å²) in [5, 5.41) is 12.0. The molecule has 0 heterocycles. The van der Waals surface area contributed by atoms with E-state index in [0.29, 0.717) is 13.2 Å². The summed E-state index contributed by atoms with van der Waals surface area (Å²) in [5.74, 6) is -0.739. The van der Waals surface area contributed by atoms with Crippen molar-refractivity contribution in [2.24, 2.45) is 5.92 Å². The lowest BCUT2D eigenvalue weighted by molar-refractivity contribution is -0.141. The third-order valence-electron chi connectivity index (χ3n) is 2.22. The molecule has 2 N–H and O–H groups in total. The Labute approximate surface area is 92.0 Å². The van der Waals surface area contributed by atoms with Crippen molar-refractivity contribution in [2.45, 2.75) is 46.3 Å². The van der Waals surface area contributed by atoms with E-state index in [1.54, 1.807) is 0 Å². The molecule has 0 rings (SSSR count). The summed E-state index contributed by atoms with van der Waals surface area (Å²) < 4.78 is 5.48. The van der Waals surface area contributed by atoms with Gasteiger partial charge < -0.3 is 15.2 Å². The van der Waals surface area contributed by atoms with Crippen molar-refractivity contribution < 1.29 is 14.6 Å². The molecule has 1 unspecified atom stereocenters. The van der Waals surface area contributed by atoms with Crippen molar-refractivity contribution in [1.82, 2.24) is 5.32 Å². The fourth-order valence-electron chi connectivity index (χ4n) is 1.41. The second kappa shape index (κ2) is 6.08. The summed E-state index contributed by atoms with van der Waals surface area (Å²) in [6.45, 7) is 10.8. The fourth-order valence-corrected chi connectivity index (χ4v) is 1.41.